The number of aromatic nitrogens is 2. The minimum atomic E-state index is 0.0865. The van der Waals surface area contributed by atoms with Crippen LogP contribution in [0.15, 0.2) is 12.5 Å². The lowest BCUT2D eigenvalue weighted by molar-refractivity contribution is 0.00742. The van der Waals surface area contributed by atoms with Gasteiger partial charge in [-0.1, -0.05) is 6.42 Å². The SMILES string of the molecule is CC1(n2cncc2C2CCCCN2)CCCOC1. The van der Waals surface area contributed by atoms with Crippen LogP contribution >= 0.6 is 0 Å². The van der Waals surface area contributed by atoms with Crippen LogP contribution in [0.25, 0.3) is 0 Å². The molecule has 0 amide bonds. The van der Waals surface area contributed by atoms with Gasteiger partial charge < -0.3 is 14.6 Å². The second kappa shape index (κ2) is 5.02. The molecule has 0 aliphatic carbocycles. The molecule has 0 bridgehead atoms. The average Bonchev–Trinajstić information content (AvgIpc) is 2.91. The maximum atomic E-state index is 5.68. The lowest BCUT2D eigenvalue weighted by atomic mass is 9.93. The first-order chi connectivity index (χ1) is 8.80. The summed E-state index contributed by atoms with van der Waals surface area (Å²) in [7, 11) is 0. The lowest BCUT2D eigenvalue weighted by Gasteiger charge is -2.37. The zero-order valence-corrected chi connectivity index (χ0v) is 11.2. The second-order valence-corrected chi connectivity index (χ2v) is 5.84. The van der Waals surface area contributed by atoms with Crippen molar-refractivity contribution < 1.29 is 4.74 Å². The van der Waals surface area contributed by atoms with Crippen molar-refractivity contribution in [2.45, 2.75) is 50.6 Å². The summed E-state index contributed by atoms with van der Waals surface area (Å²) in [6.45, 7) is 5.13. The third-order valence-electron chi connectivity index (χ3n) is 4.33. The summed E-state index contributed by atoms with van der Waals surface area (Å²) >= 11 is 0. The first-order valence-corrected chi connectivity index (χ1v) is 7.13. The zero-order chi connectivity index (χ0) is 12.4. The van der Waals surface area contributed by atoms with Crippen LogP contribution in [0.3, 0.4) is 0 Å². The Morgan fingerprint density at radius 1 is 1.44 bits per heavy atom. The monoisotopic (exact) mass is 249 g/mol. The van der Waals surface area contributed by atoms with Crippen LogP contribution in [0, 0.1) is 0 Å². The summed E-state index contributed by atoms with van der Waals surface area (Å²) in [5.41, 5.74) is 1.42. The molecule has 0 radical (unpaired) electrons. The summed E-state index contributed by atoms with van der Waals surface area (Å²) in [6, 6.07) is 0.472. The van der Waals surface area contributed by atoms with Gasteiger partial charge in [0.15, 0.2) is 0 Å². The van der Waals surface area contributed by atoms with E-state index in [-0.39, 0.29) is 5.54 Å². The highest BCUT2D eigenvalue weighted by Crippen LogP contribution is 2.32. The normalized spacial score (nSPS) is 33.5. The van der Waals surface area contributed by atoms with Crippen molar-refractivity contribution in [2.24, 2.45) is 0 Å². The largest absolute Gasteiger partial charge is 0.379 e. The summed E-state index contributed by atoms with van der Waals surface area (Å²) < 4.78 is 8.04. The second-order valence-electron chi connectivity index (χ2n) is 5.84. The Hall–Kier alpha value is -0.870. The van der Waals surface area contributed by atoms with Gasteiger partial charge in [0.25, 0.3) is 0 Å². The average molecular weight is 249 g/mol. The third-order valence-corrected chi connectivity index (χ3v) is 4.33. The van der Waals surface area contributed by atoms with Crippen LogP contribution < -0.4 is 5.32 Å². The number of nitrogens with one attached hydrogen (secondary N) is 1. The van der Waals surface area contributed by atoms with Gasteiger partial charge in [0.05, 0.1) is 24.2 Å². The van der Waals surface area contributed by atoms with E-state index in [1.165, 1.54) is 31.4 Å². The van der Waals surface area contributed by atoms with Crippen LogP contribution in [-0.2, 0) is 10.3 Å². The Labute approximate surface area is 109 Å². The summed E-state index contributed by atoms with van der Waals surface area (Å²) in [5.74, 6) is 0. The molecule has 2 aliphatic rings. The Morgan fingerprint density at radius 3 is 3.11 bits per heavy atom. The Bertz CT molecular complexity index is 389. The van der Waals surface area contributed by atoms with E-state index in [4.69, 9.17) is 4.74 Å². The van der Waals surface area contributed by atoms with E-state index in [1.807, 2.05) is 12.5 Å². The van der Waals surface area contributed by atoms with Crippen molar-refractivity contribution in [3.63, 3.8) is 0 Å². The maximum Gasteiger partial charge on any atom is 0.0954 e. The number of imidazole rings is 1. The molecule has 2 atom stereocenters. The van der Waals surface area contributed by atoms with E-state index in [0.29, 0.717) is 6.04 Å². The molecule has 0 aromatic carbocycles. The Morgan fingerprint density at radius 2 is 2.39 bits per heavy atom. The molecule has 3 heterocycles. The van der Waals surface area contributed by atoms with Gasteiger partial charge >= 0.3 is 0 Å². The lowest BCUT2D eigenvalue weighted by Crippen LogP contribution is -2.41. The number of nitrogens with zero attached hydrogens (tertiary/aromatic N) is 2. The van der Waals surface area contributed by atoms with Crippen molar-refractivity contribution in [1.82, 2.24) is 14.9 Å². The van der Waals surface area contributed by atoms with Gasteiger partial charge in [-0.15, -0.1) is 0 Å². The van der Waals surface area contributed by atoms with Crippen LogP contribution in [0.4, 0.5) is 0 Å². The molecule has 0 spiro atoms. The maximum absolute atomic E-state index is 5.68. The molecule has 1 aromatic rings. The van der Waals surface area contributed by atoms with Gasteiger partial charge in [0.2, 0.25) is 0 Å². The minimum Gasteiger partial charge on any atom is -0.379 e. The van der Waals surface area contributed by atoms with Gasteiger partial charge in [-0.2, -0.15) is 0 Å². The molecule has 2 saturated heterocycles. The molecule has 3 rings (SSSR count). The van der Waals surface area contributed by atoms with Crippen molar-refractivity contribution in [3.05, 3.63) is 18.2 Å². The molecule has 0 saturated carbocycles. The summed E-state index contributed by atoms with van der Waals surface area (Å²) in [4.78, 5) is 4.39. The molecule has 2 fully saturated rings. The van der Waals surface area contributed by atoms with Gasteiger partial charge in [-0.05, 0) is 39.2 Å². The van der Waals surface area contributed by atoms with Crippen LogP contribution in [0.1, 0.15) is 50.8 Å². The first-order valence-electron chi connectivity index (χ1n) is 7.13. The fourth-order valence-corrected chi connectivity index (χ4v) is 3.23. The van der Waals surface area contributed by atoms with E-state index in [2.05, 4.69) is 21.8 Å². The van der Waals surface area contributed by atoms with Gasteiger partial charge in [-0.3, -0.25) is 0 Å². The molecular formula is C14H23N3O. The van der Waals surface area contributed by atoms with Crippen molar-refractivity contribution in [3.8, 4) is 0 Å². The molecule has 2 aliphatic heterocycles. The Balaban J connectivity index is 1.85. The zero-order valence-electron chi connectivity index (χ0n) is 11.2. The third kappa shape index (κ3) is 2.19. The summed E-state index contributed by atoms with van der Waals surface area (Å²) in [5, 5.41) is 3.62. The van der Waals surface area contributed by atoms with E-state index in [9.17, 15) is 0 Å². The number of piperidine rings is 1. The highest BCUT2D eigenvalue weighted by Gasteiger charge is 2.32. The van der Waals surface area contributed by atoms with E-state index < -0.39 is 0 Å². The van der Waals surface area contributed by atoms with Gasteiger partial charge in [0, 0.05) is 18.8 Å². The fraction of sp³-hybridized carbons (Fsp3) is 0.786. The number of rotatable bonds is 2. The molecule has 2 unspecified atom stereocenters. The summed E-state index contributed by atoms with van der Waals surface area (Å²) in [6.07, 6.45) is 10.2. The van der Waals surface area contributed by atoms with Gasteiger partial charge in [0.1, 0.15) is 0 Å². The first kappa shape index (κ1) is 12.2. The minimum absolute atomic E-state index is 0.0865. The van der Waals surface area contributed by atoms with Crippen molar-refractivity contribution in [1.29, 1.82) is 0 Å². The van der Waals surface area contributed by atoms with E-state index >= 15 is 0 Å². The number of hydrogen-bond donors (Lipinski definition) is 1. The van der Waals surface area contributed by atoms with Crippen LogP contribution in [-0.4, -0.2) is 29.3 Å². The fourth-order valence-electron chi connectivity index (χ4n) is 3.23. The molecule has 4 heteroatoms. The highest BCUT2D eigenvalue weighted by molar-refractivity contribution is 5.10. The van der Waals surface area contributed by atoms with Crippen LogP contribution in [0.5, 0.6) is 0 Å². The predicted octanol–water partition coefficient (Wildman–Crippen LogP) is 2.22. The smallest absolute Gasteiger partial charge is 0.0954 e. The highest BCUT2D eigenvalue weighted by atomic mass is 16.5. The molecule has 18 heavy (non-hydrogen) atoms. The molecular weight excluding hydrogens is 226 g/mol. The number of ether oxygens (including phenoxy) is 1. The Kier molecular flexibility index (Phi) is 3.39. The molecule has 4 nitrogen and oxygen atoms in total. The van der Waals surface area contributed by atoms with Crippen LogP contribution in [0.2, 0.25) is 0 Å². The van der Waals surface area contributed by atoms with Gasteiger partial charge in [-0.25, -0.2) is 4.98 Å². The van der Waals surface area contributed by atoms with Crippen molar-refractivity contribution in [2.75, 3.05) is 19.8 Å². The standard InChI is InChI=1S/C14H23N3O/c1-14(6-4-8-18-10-14)17-11-15-9-13(17)12-5-2-3-7-16-12/h9,11-12,16H,2-8,10H2,1H3. The van der Waals surface area contributed by atoms with E-state index in [1.54, 1.807) is 0 Å². The van der Waals surface area contributed by atoms with E-state index in [0.717, 1.165) is 26.2 Å². The predicted molar refractivity (Wildman–Crippen MR) is 70.5 cm³/mol. The number of hydrogen-bond acceptors (Lipinski definition) is 3. The molecule has 1 N–H and O–H groups in total. The quantitative estimate of drug-likeness (QED) is 0.873. The topological polar surface area (TPSA) is 39.1 Å². The molecule has 1 aromatic heterocycles. The molecule has 100 valence electrons. The van der Waals surface area contributed by atoms with Crippen molar-refractivity contribution >= 4 is 0 Å².